The van der Waals surface area contributed by atoms with Crippen LogP contribution in [0.25, 0.3) is 11.1 Å². The summed E-state index contributed by atoms with van der Waals surface area (Å²) in [5.74, 6) is -1.59. The van der Waals surface area contributed by atoms with Crippen LogP contribution in [0, 0.1) is 0 Å². The van der Waals surface area contributed by atoms with Gasteiger partial charge in [-0.05, 0) is 35.2 Å². The molecule has 0 aliphatic carbocycles. The number of hydroxylamine groups is 1. The van der Waals surface area contributed by atoms with Crippen molar-refractivity contribution in [3.63, 3.8) is 0 Å². The smallest absolute Gasteiger partial charge is 0.268 e. The lowest BCUT2D eigenvalue weighted by atomic mass is 10.0. The van der Waals surface area contributed by atoms with Gasteiger partial charge in [-0.3, -0.25) is 14.8 Å². The molecule has 132 valence electrons. The van der Waals surface area contributed by atoms with Gasteiger partial charge in [-0.15, -0.1) is 0 Å². The highest BCUT2D eigenvalue weighted by Crippen LogP contribution is 2.21. The van der Waals surface area contributed by atoms with Crippen molar-refractivity contribution in [3.05, 3.63) is 59.7 Å². The van der Waals surface area contributed by atoms with Crippen LogP contribution >= 0.6 is 0 Å². The van der Waals surface area contributed by atoms with Gasteiger partial charge in [0.2, 0.25) is 0 Å². The number of benzene rings is 2. The van der Waals surface area contributed by atoms with Gasteiger partial charge in [0.05, 0.1) is 0 Å². The Bertz CT molecular complexity index is 714. The first-order valence-corrected chi connectivity index (χ1v) is 8.09. The lowest BCUT2D eigenvalue weighted by molar-refractivity contribution is -0.131. The lowest BCUT2D eigenvalue weighted by Gasteiger charge is -2.13. The van der Waals surface area contributed by atoms with Gasteiger partial charge in [0.25, 0.3) is 11.8 Å². The number of carbonyl (C=O) groups excluding carboxylic acids is 2. The number of aryl methyl sites for hydroxylation is 1. The minimum Gasteiger partial charge on any atom is -0.338 e. The van der Waals surface area contributed by atoms with E-state index in [1.54, 1.807) is 24.3 Å². The summed E-state index contributed by atoms with van der Waals surface area (Å²) in [5, 5.41) is 10.7. The number of nitrogens with one attached hydrogen (secondary N) is 2. The van der Waals surface area contributed by atoms with Crippen molar-refractivity contribution >= 4 is 11.8 Å². The molecule has 0 spiro atoms. The fourth-order valence-corrected chi connectivity index (χ4v) is 2.46. The molecule has 5 nitrogen and oxygen atoms in total. The zero-order valence-electron chi connectivity index (χ0n) is 14.0. The summed E-state index contributed by atoms with van der Waals surface area (Å²) in [7, 11) is 0. The average molecular weight is 344 g/mol. The van der Waals surface area contributed by atoms with Gasteiger partial charge in [0.1, 0.15) is 12.7 Å². The van der Waals surface area contributed by atoms with E-state index in [1.807, 2.05) is 12.1 Å². The Labute approximate surface area is 145 Å². The number of carbonyl (C=O) groups is 2. The molecule has 0 saturated heterocycles. The summed E-state index contributed by atoms with van der Waals surface area (Å²) in [6, 6.07) is 13.6. The van der Waals surface area contributed by atoms with Gasteiger partial charge in [-0.2, -0.15) is 0 Å². The van der Waals surface area contributed by atoms with E-state index in [2.05, 4.69) is 24.4 Å². The predicted octanol–water partition coefficient (Wildman–Crippen LogP) is 2.88. The second kappa shape index (κ2) is 8.94. The number of alkyl halides is 1. The van der Waals surface area contributed by atoms with Crippen LogP contribution in [0.2, 0.25) is 0 Å². The Morgan fingerprint density at radius 3 is 2.08 bits per heavy atom. The van der Waals surface area contributed by atoms with Crippen LogP contribution in [-0.4, -0.2) is 29.7 Å². The first-order chi connectivity index (χ1) is 12.1. The second-order valence-corrected chi connectivity index (χ2v) is 5.68. The Hall–Kier alpha value is -2.73. The fraction of sp³-hybridized carbons (Fsp3) is 0.263. The van der Waals surface area contributed by atoms with E-state index in [0.29, 0.717) is 5.56 Å². The lowest BCUT2D eigenvalue weighted by Crippen LogP contribution is -2.47. The molecule has 2 aromatic rings. The Morgan fingerprint density at radius 1 is 1.04 bits per heavy atom. The van der Waals surface area contributed by atoms with Crippen LogP contribution < -0.4 is 10.8 Å². The minimum atomic E-state index is -1.43. The topological polar surface area (TPSA) is 78.4 Å². The van der Waals surface area contributed by atoms with Crippen LogP contribution in [-0.2, 0) is 11.2 Å². The Balaban J connectivity index is 2.08. The van der Waals surface area contributed by atoms with Crippen molar-refractivity contribution in [2.45, 2.75) is 25.8 Å². The molecule has 0 radical (unpaired) electrons. The zero-order chi connectivity index (χ0) is 18.2. The molecule has 1 unspecified atom stereocenters. The number of amides is 2. The highest BCUT2D eigenvalue weighted by Gasteiger charge is 2.20. The van der Waals surface area contributed by atoms with Crippen LogP contribution in [0.4, 0.5) is 4.39 Å². The SMILES string of the molecule is CCCc1ccc(-c2ccc(C(=O)NC(CF)C(=O)NO)cc2)cc1. The number of hydrogen-bond acceptors (Lipinski definition) is 3. The van der Waals surface area contributed by atoms with E-state index in [9.17, 15) is 14.0 Å². The number of rotatable bonds is 7. The molecule has 0 aliphatic heterocycles. The van der Waals surface area contributed by atoms with Crippen LogP contribution in [0.5, 0.6) is 0 Å². The normalized spacial score (nSPS) is 11.6. The number of halogens is 1. The molecule has 25 heavy (non-hydrogen) atoms. The molecule has 0 bridgehead atoms. The molecule has 0 fully saturated rings. The van der Waals surface area contributed by atoms with Crippen molar-refractivity contribution in [1.29, 1.82) is 0 Å². The first-order valence-electron chi connectivity index (χ1n) is 8.09. The summed E-state index contributed by atoms with van der Waals surface area (Å²) in [6.45, 7) is 1.02. The maximum Gasteiger partial charge on any atom is 0.268 e. The highest BCUT2D eigenvalue weighted by atomic mass is 19.1. The van der Waals surface area contributed by atoms with E-state index < -0.39 is 24.5 Å². The summed E-state index contributed by atoms with van der Waals surface area (Å²) in [4.78, 5) is 23.3. The molecule has 0 aromatic heterocycles. The molecule has 0 heterocycles. The van der Waals surface area contributed by atoms with Crippen LogP contribution in [0.15, 0.2) is 48.5 Å². The van der Waals surface area contributed by atoms with Crippen molar-refractivity contribution in [2.75, 3.05) is 6.67 Å². The van der Waals surface area contributed by atoms with E-state index in [-0.39, 0.29) is 0 Å². The predicted molar refractivity (Wildman–Crippen MR) is 93.0 cm³/mol. The molecule has 2 aromatic carbocycles. The average Bonchev–Trinajstić information content (AvgIpc) is 2.66. The molecular weight excluding hydrogens is 323 g/mol. The molecule has 3 N–H and O–H groups in total. The van der Waals surface area contributed by atoms with Crippen LogP contribution in [0.3, 0.4) is 0 Å². The van der Waals surface area contributed by atoms with Gasteiger partial charge >= 0.3 is 0 Å². The summed E-state index contributed by atoms with van der Waals surface area (Å²) < 4.78 is 12.8. The Kier molecular flexibility index (Phi) is 6.65. The molecule has 0 aliphatic rings. The maximum atomic E-state index is 12.8. The van der Waals surface area contributed by atoms with Crippen molar-refractivity contribution < 1.29 is 19.2 Å². The van der Waals surface area contributed by atoms with Crippen molar-refractivity contribution in [2.24, 2.45) is 0 Å². The standard InChI is InChI=1S/C19H21FN2O3/c1-2-3-13-4-6-14(7-5-13)15-8-10-16(11-9-15)18(23)21-17(12-20)19(24)22-25/h4-11,17,25H,2-3,12H2,1H3,(H,21,23)(H,22,24). The molecule has 6 heteroatoms. The third-order valence-electron chi connectivity index (χ3n) is 3.86. The summed E-state index contributed by atoms with van der Waals surface area (Å²) >= 11 is 0. The van der Waals surface area contributed by atoms with Crippen molar-refractivity contribution in [3.8, 4) is 11.1 Å². The Morgan fingerprint density at radius 2 is 1.60 bits per heavy atom. The van der Waals surface area contributed by atoms with E-state index >= 15 is 0 Å². The van der Waals surface area contributed by atoms with Gasteiger partial charge in [-0.1, -0.05) is 49.7 Å². The molecule has 0 saturated carbocycles. The highest BCUT2D eigenvalue weighted by molar-refractivity contribution is 5.97. The molecule has 2 amide bonds. The van der Waals surface area contributed by atoms with E-state index in [4.69, 9.17) is 5.21 Å². The monoisotopic (exact) mass is 344 g/mol. The third kappa shape index (κ3) is 4.87. The number of hydrogen-bond donors (Lipinski definition) is 3. The van der Waals surface area contributed by atoms with Gasteiger partial charge in [-0.25, -0.2) is 9.87 Å². The van der Waals surface area contributed by atoms with Gasteiger partial charge in [0.15, 0.2) is 0 Å². The fourth-order valence-electron chi connectivity index (χ4n) is 2.46. The third-order valence-corrected chi connectivity index (χ3v) is 3.86. The van der Waals surface area contributed by atoms with Gasteiger partial charge < -0.3 is 5.32 Å². The summed E-state index contributed by atoms with van der Waals surface area (Å²) in [5.41, 5.74) is 4.89. The van der Waals surface area contributed by atoms with E-state index in [0.717, 1.165) is 24.0 Å². The largest absolute Gasteiger partial charge is 0.338 e. The van der Waals surface area contributed by atoms with Gasteiger partial charge in [0, 0.05) is 5.56 Å². The van der Waals surface area contributed by atoms with E-state index in [1.165, 1.54) is 11.0 Å². The van der Waals surface area contributed by atoms with Crippen LogP contribution in [0.1, 0.15) is 29.3 Å². The maximum absolute atomic E-state index is 12.8. The van der Waals surface area contributed by atoms with Crippen molar-refractivity contribution in [1.82, 2.24) is 10.8 Å². The molecule has 2 rings (SSSR count). The second-order valence-electron chi connectivity index (χ2n) is 5.68. The molecule has 1 atom stereocenters. The quantitative estimate of drug-likeness (QED) is 0.534. The summed E-state index contributed by atoms with van der Waals surface area (Å²) in [6.07, 6.45) is 2.13. The minimum absolute atomic E-state index is 0.301. The zero-order valence-corrected chi connectivity index (χ0v) is 14.0. The molecular formula is C19H21FN2O3. The first kappa shape index (κ1) is 18.6.